The van der Waals surface area contributed by atoms with Crippen molar-refractivity contribution in [1.82, 2.24) is 0 Å². The van der Waals surface area contributed by atoms with Gasteiger partial charge in [0, 0.05) is 30.3 Å². The van der Waals surface area contributed by atoms with Crippen molar-refractivity contribution in [2.75, 3.05) is 24.6 Å². The standard InChI is InChI=1S/C15H21ClN2O2/c1-2-20-15(19)11-4-3-7-18(10-11)14-6-5-13(16)8-12(14)9-17/h5-6,8,11H,2-4,7,9-10,17H2,1H3. The van der Waals surface area contributed by atoms with Crippen LogP contribution in [0.3, 0.4) is 0 Å². The van der Waals surface area contributed by atoms with Crippen molar-refractivity contribution >= 4 is 23.3 Å². The maximum Gasteiger partial charge on any atom is 0.310 e. The Bertz CT molecular complexity index is 479. The maximum atomic E-state index is 11.9. The molecule has 0 aromatic heterocycles. The molecule has 0 bridgehead atoms. The monoisotopic (exact) mass is 296 g/mol. The predicted octanol–water partition coefficient (Wildman–Crippen LogP) is 2.58. The summed E-state index contributed by atoms with van der Waals surface area (Å²) in [5.41, 5.74) is 7.88. The fourth-order valence-electron chi connectivity index (χ4n) is 2.67. The molecule has 20 heavy (non-hydrogen) atoms. The van der Waals surface area contributed by atoms with E-state index in [0.29, 0.717) is 24.7 Å². The first-order chi connectivity index (χ1) is 9.65. The van der Waals surface area contributed by atoms with Gasteiger partial charge < -0.3 is 15.4 Å². The highest BCUT2D eigenvalue weighted by atomic mass is 35.5. The van der Waals surface area contributed by atoms with Crippen LogP contribution in [0.15, 0.2) is 18.2 Å². The molecule has 4 nitrogen and oxygen atoms in total. The highest BCUT2D eigenvalue weighted by Crippen LogP contribution is 2.28. The summed E-state index contributed by atoms with van der Waals surface area (Å²) in [7, 11) is 0. The molecule has 1 unspecified atom stereocenters. The van der Waals surface area contributed by atoms with Crippen LogP contribution in [0.1, 0.15) is 25.3 Å². The van der Waals surface area contributed by atoms with Crippen LogP contribution in [0.5, 0.6) is 0 Å². The van der Waals surface area contributed by atoms with Crippen molar-refractivity contribution in [1.29, 1.82) is 0 Å². The Morgan fingerprint density at radius 1 is 1.55 bits per heavy atom. The number of carbonyl (C=O) groups is 1. The third-order valence-electron chi connectivity index (χ3n) is 3.64. The Labute approximate surface area is 124 Å². The number of rotatable bonds is 4. The van der Waals surface area contributed by atoms with Crippen LogP contribution in [-0.2, 0) is 16.1 Å². The summed E-state index contributed by atoms with van der Waals surface area (Å²) in [6, 6.07) is 5.74. The summed E-state index contributed by atoms with van der Waals surface area (Å²) in [5, 5.41) is 0.688. The van der Waals surface area contributed by atoms with Gasteiger partial charge in [-0.2, -0.15) is 0 Å². The summed E-state index contributed by atoms with van der Waals surface area (Å²) in [6.45, 7) is 4.34. The quantitative estimate of drug-likeness (QED) is 0.868. The molecule has 0 aliphatic carbocycles. The zero-order chi connectivity index (χ0) is 14.5. The number of ether oxygens (including phenoxy) is 1. The zero-order valence-electron chi connectivity index (χ0n) is 11.8. The van der Waals surface area contributed by atoms with Gasteiger partial charge in [-0.3, -0.25) is 4.79 Å². The first-order valence-electron chi connectivity index (χ1n) is 7.05. The molecule has 1 aromatic carbocycles. The maximum absolute atomic E-state index is 11.9. The average Bonchev–Trinajstić information content (AvgIpc) is 2.47. The molecule has 1 heterocycles. The lowest BCUT2D eigenvalue weighted by molar-refractivity contribution is -0.148. The van der Waals surface area contributed by atoms with Gasteiger partial charge in [-0.05, 0) is 43.5 Å². The normalized spacial score (nSPS) is 18.9. The SMILES string of the molecule is CCOC(=O)C1CCCN(c2ccc(Cl)cc2CN)C1. The Hall–Kier alpha value is -1.26. The lowest BCUT2D eigenvalue weighted by Crippen LogP contribution is -2.40. The fraction of sp³-hybridized carbons (Fsp3) is 0.533. The van der Waals surface area contributed by atoms with E-state index in [1.807, 2.05) is 25.1 Å². The van der Waals surface area contributed by atoms with Crippen molar-refractivity contribution in [3.05, 3.63) is 28.8 Å². The van der Waals surface area contributed by atoms with Crippen molar-refractivity contribution in [3.63, 3.8) is 0 Å². The Morgan fingerprint density at radius 2 is 2.35 bits per heavy atom. The third kappa shape index (κ3) is 3.44. The zero-order valence-corrected chi connectivity index (χ0v) is 12.5. The second kappa shape index (κ2) is 6.95. The molecule has 5 heteroatoms. The van der Waals surface area contributed by atoms with Crippen molar-refractivity contribution < 1.29 is 9.53 Å². The second-order valence-corrected chi connectivity index (χ2v) is 5.45. The lowest BCUT2D eigenvalue weighted by atomic mass is 9.97. The lowest BCUT2D eigenvalue weighted by Gasteiger charge is -2.34. The summed E-state index contributed by atoms with van der Waals surface area (Å²) in [5.74, 6) is -0.148. The van der Waals surface area contributed by atoms with E-state index in [4.69, 9.17) is 22.1 Å². The predicted molar refractivity (Wildman–Crippen MR) is 80.9 cm³/mol. The van der Waals surface area contributed by atoms with Crippen LogP contribution in [-0.4, -0.2) is 25.7 Å². The van der Waals surface area contributed by atoms with Gasteiger partial charge in [0.15, 0.2) is 0 Å². The molecular formula is C15H21ClN2O2. The van der Waals surface area contributed by atoms with E-state index in [-0.39, 0.29) is 11.9 Å². The van der Waals surface area contributed by atoms with Crippen molar-refractivity contribution in [3.8, 4) is 0 Å². The number of nitrogens with zero attached hydrogens (tertiary/aromatic N) is 1. The van der Waals surface area contributed by atoms with Crippen LogP contribution in [0, 0.1) is 5.92 Å². The first-order valence-corrected chi connectivity index (χ1v) is 7.43. The van der Waals surface area contributed by atoms with Gasteiger partial charge in [-0.25, -0.2) is 0 Å². The minimum Gasteiger partial charge on any atom is -0.466 e. The van der Waals surface area contributed by atoms with Crippen molar-refractivity contribution in [2.24, 2.45) is 11.7 Å². The third-order valence-corrected chi connectivity index (χ3v) is 3.88. The number of nitrogens with two attached hydrogens (primary N) is 1. The Morgan fingerprint density at radius 3 is 3.05 bits per heavy atom. The molecule has 110 valence electrons. The molecule has 2 N–H and O–H groups in total. The van der Waals surface area contributed by atoms with E-state index < -0.39 is 0 Å². The van der Waals surface area contributed by atoms with E-state index in [9.17, 15) is 4.79 Å². The molecule has 1 fully saturated rings. The molecular weight excluding hydrogens is 276 g/mol. The Kier molecular flexibility index (Phi) is 5.26. The number of halogens is 1. The van der Waals surface area contributed by atoms with Gasteiger partial charge in [-0.15, -0.1) is 0 Å². The van der Waals surface area contributed by atoms with E-state index >= 15 is 0 Å². The number of esters is 1. The van der Waals surface area contributed by atoms with E-state index in [1.165, 1.54) is 0 Å². The van der Waals surface area contributed by atoms with Gasteiger partial charge in [-0.1, -0.05) is 11.6 Å². The van der Waals surface area contributed by atoms with Gasteiger partial charge in [0.1, 0.15) is 0 Å². The summed E-state index contributed by atoms with van der Waals surface area (Å²) >= 11 is 6.01. The summed E-state index contributed by atoms with van der Waals surface area (Å²) < 4.78 is 5.13. The minimum absolute atomic E-state index is 0.0509. The van der Waals surface area contributed by atoms with Crippen LogP contribution < -0.4 is 10.6 Å². The van der Waals surface area contributed by atoms with Crippen LogP contribution >= 0.6 is 11.6 Å². The van der Waals surface area contributed by atoms with Crippen LogP contribution in [0.25, 0.3) is 0 Å². The molecule has 1 atom stereocenters. The smallest absolute Gasteiger partial charge is 0.310 e. The number of hydrogen-bond donors (Lipinski definition) is 1. The first kappa shape index (κ1) is 15.1. The molecule has 1 saturated heterocycles. The molecule has 1 aliphatic rings. The minimum atomic E-state index is -0.0968. The van der Waals surface area contributed by atoms with E-state index in [0.717, 1.165) is 30.6 Å². The second-order valence-electron chi connectivity index (χ2n) is 5.01. The van der Waals surface area contributed by atoms with Crippen LogP contribution in [0.4, 0.5) is 5.69 Å². The number of carbonyl (C=O) groups excluding carboxylic acids is 1. The molecule has 1 aromatic rings. The number of piperidine rings is 1. The average molecular weight is 297 g/mol. The van der Waals surface area contributed by atoms with Gasteiger partial charge in [0.25, 0.3) is 0 Å². The molecule has 0 amide bonds. The van der Waals surface area contributed by atoms with Gasteiger partial charge in [0.05, 0.1) is 12.5 Å². The number of hydrogen-bond acceptors (Lipinski definition) is 4. The fourth-order valence-corrected chi connectivity index (χ4v) is 2.87. The van der Waals surface area contributed by atoms with Gasteiger partial charge in [0.2, 0.25) is 0 Å². The molecule has 0 saturated carbocycles. The summed E-state index contributed by atoms with van der Waals surface area (Å²) in [6.07, 6.45) is 1.87. The number of benzene rings is 1. The molecule has 2 rings (SSSR count). The number of anilines is 1. The van der Waals surface area contributed by atoms with E-state index in [1.54, 1.807) is 0 Å². The molecule has 0 radical (unpaired) electrons. The highest BCUT2D eigenvalue weighted by Gasteiger charge is 2.27. The Balaban J connectivity index is 2.14. The highest BCUT2D eigenvalue weighted by molar-refractivity contribution is 6.30. The summed E-state index contributed by atoms with van der Waals surface area (Å²) in [4.78, 5) is 14.1. The van der Waals surface area contributed by atoms with E-state index in [2.05, 4.69) is 4.90 Å². The topological polar surface area (TPSA) is 55.6 Å². The molecule has 0 spiro atoms. The van der Waals surface area contributed by atoms with Crippen LogP contribution in [0.2, 0.25) is 5.02 Å². The molecule has 1 aliphatic heterocycles. The van der Waals surface area contributed by atoms with Gasteiger partial charge >= 0.3 is 5.97 Å². The largest absolute Gasteiger partial charge is 0.466 e. The van der Waals surface area contributed by atoms with Crippen molar-refractivity contribution in [2.45, 2.75) is 26.3 Å².